The molecule has 0 atom stereocenters. The molecular weight excluding hydrogens is 234 g/mol. The van der Waals surface area contributed by atoms with Crippen LogP contribution in [-0.4, -0.2) is 33.7 Å². The van der Waals surface area contributed by atoms with Crippen LogP contribution < -0.4 is 5.32 Å². The summed E-state index contributed by atoms with van der Waals surface area (Å²) in [4.78, 5) is 23.2. The molecule has 1 saturated carbocycles. The standard InChI is InChI=1S/C12H17N3O3/c1-8-9(6-14-15-8)10(16)13-7-12(11(17)18)4-2-3-5-12/h6H,2-5,7H2,1H3,(H,13,16)(H,14,15)(H,17,18). The van der Waals surface area contributed by atoms with Gasteiger partial charge in [0.05, 0.1) is 17.2 Å². The van der Waals surface area contributed by atoms with Gasteiger partial charge in [-0.3, -0.25) is 14.7 Å². The summed E-state index contributed by atoms with van der Waals surface area (Å²) in [5.41, 5.74) is 0.365. The Morgan fingerprint density at radius 1 is 1.50 bits per heavy atom. The van der Waals surface area contributed by atoms with Crippen molar-refractivity contribution in [2.24, 2.45) is 5.41 Å². The van der Waals surface area contributed by atoms with Crippen molar-refractivity contribution < 1.29 is 14.7 Å². The van der Waals surface area contributed by atoms with Gasteiger partial charge in [-0.05, 0) is 19.8 Å². The molecule has 3 N–H and O–H groups in total. The quantitative estimate of drug-likeness (QED) is 0.746. The fraction of sp³-hybridized carbons (Fsp3) is 0.583. The maximum Gasteiger partial charge on any atom is 0.311 e. The Bertz CT molecular complexity index is 461. The first-order valence-corrected chi connectivity index (χ1v) is 6.07. The van der Waals surface area contributed by atoms with Crippen molar-refractivity contribution in [3.05, 3.63) is 17.5 Å². The predicted octanol–water partition coefficient (Wildman–Crippen LogP) is 1.09. The third-order valence-corrected chi connectivity index (χ3v) is 3.68. The van der Waals surface area contributed by atoms with E-state index in [9.17, 15) is 14.7 Å². The molecule has 1 heterocycles. The number of amides is 1. The molecule has 0 aliphatic heterocycles. The summed E-state index contributed by atoms with van der Waals surface area (Å²) >= 11 is 0. The number of hydrogen-bond acceptors (Lipinski definition) is 3. The van der Waals surface area contributed by atoms with E-state index in [1.807, 2.05) is 0 Å². The molecule has 1 aliphatic carbocycles. The van der Waals surface area contributed by atoms with Gasteiger partial charge < -0.3 is 10.4 Å². The molecule has 6 heteroatoms. The Balaban J connectivity index is 2.01. The number of hydrogen-bond donors (Lipinski definition) is 3. The normalized spacial score (nSPS) is 17.6. The van der Waals surface area contributed by atoms with Crippen molar-refractivity contribution in [1.82, 2.24) is 15.5 Å². The van der Waals surface area contributed by atoms with Crippen LogP contribution in [-0.2, 0) is 4.79 Å². The van der Waals surface area contributed by atoms with E-state index in [0.29, 0.717) is 24.1 Å². The Hall–Kier alpha value is -1.85. The fourth-order valence-corrected chi connectivity index (χ4v) is 2.44. The summed E-state index contributed by atoms with van der Waals surface area (Å²) in [5, 5.41) is 18.5. The Kier molecular flexibility index (Phi) is 3.36. The Morgan fingerprint density at radius 2 is 2.17 bits per heavy atom. The predicted molar refractivity (Wildman–Crippen MR) is 64.2 cm³/mol. The molecule has 18 heavy (non-hydrogen) atoms. The molecule has 0 radical (unpaired) electrons. The summed E-state index contributed by atoms with van der Waals surface area (Å²) in [6, 6.07) is 0. The van der Waals surface area contributed by atoms with E-state index in [-0.39, 0.29) is 12.5 Å². The third-order valence-electron chi connectivity index (χ3n) is 3.68. The van der Waals surface area contributed by atoms with E-state index in [0.717, 1.165) is 12.8 Å². The number of nitrogens with zero attached hydrogens (tertiary/aromatic N) is 1. The number of carbonyl (C=O) groups excluding carboxylic acids is 1. The van der Waals surface area contributed by atoms with Crippen LogP contribution >= 0.6 is 0 Å². The lowest BCUT2D eigenvalue weighted by Crippen LogP contribution is -2.41. The summed E-state index contributed by atoms with van der Waals surface area (Å²) < 4.78 is 0. The second kappa shape index (κ2) is 4.80. The number of carboxylic acid groups (broad SMARTS) is 1. The maximum absolute atomic E-state index is 11.9. The van der Waals surface area contributed by atoms with Crippen LogP contribution in [0.1, 0.15) is 41.7 Å². The van der Waals surface area contributed by atoms with Crippen LogP contribution in [0, 0.1) is 12.3 Å². The van der Waals surface area contributed by atoms with Gasteiger partial charge in [-0.15, -0.1) is 0 Å². The van der Waals surface area contributed by atoms with Gasteiger partial charge in [0.2, 0.25) is 0 Å². The van der Waals surface area contributed by atoms with Gasteiger partial charge in [0.25, 0.3) is 5.91 Å². The molecule has 0 saturated heterocycles. The van der Waals surface area contributed by atoms with Crippen LogP contribution in [0.4, 0.5) is 0 Å². The Labute approximate surface area is 105 Å². The van der Waals surface area contributed by atoms with Crippen molar-refractivity contribution in [1.29, 1.82) is 0 Å². The second-order valence-electron chi connectivity index (χ2n) is 4.88. The summed E-state index contributed by atoms with van der Waals surface area (Å²) in [7, 11) is 0. The lowest BCUT2D eigenvalue weighted by Gasteiger charge is -2.23. The number of carbonyl (C=O) groups is 2. The smallest absolute Gasteiger partial charge is 0.311 e. The van der Waals surface area contributed by atoms with E-state index in [1.54, 1.807) is 6.92 Å². The maximum atomic E-state index is 11.9. The zero-order valence-corrected chi connectivity index (χ0v) is 10.3. The van der Waals surface area contributed by atoms with Crippen LogP contribution in [0.2, 0.25) is 0 Å². The molecule has 1 aromatic heterocycles. The highest BCUT2D eigenvalue weighted by molar-refractivity contribution is 5.95. The van der Waals surface area contributed by atoms with Crippen LogP contribution in [0.25, 0.3) is 0 Å². The summed E-state index contributed by atoms with van der Waals surface area (Å²) in [5.74, 6) is -1.09. The molecule has 1 aliphatic rings. The lowest BCUT2D eigenvalue weighted by molar-refractivity contribution is -0.148. The molecule has 2 rings (SSSR count). The highest BCUT2D eigenvalue weighted by Gasteiger charge is 2.41. The molecule has 1 aromatic rings. The topological polar surface area (TPSA) is 95.1 Å². The molecular formula is C12H17N3O3. The van der Waals surface area contributed by atoms with Crippen LogP contribution in [0.15, 0.2) is 6.20 Å². The number of aliphatic carboxylic acids is 1. The average molecular weight is 251 g/mol. The Morgan fingerprint density at radius 3 is 2.67 bits per heavy atom. The molecule has 6 nitrogen and oxygen atoms in total. The first-order valence-electron chi connectivity index (χ1n) is 6.07. The molecule has 0 bridgehead atoms. The van der Waals surface area contributed by atoms with Gasteiger partial charge in [-0.25, -0.2) is 0 Å². The van der Waals surface area contributed by atoms with Gasteiger partial charge in [0, 0.05) is 12.2 Å². The van der Waals surface area contributed by atoms with Gasteiger partial charge in [-0.1, -0.05) is 12.8 Å². The van der Waals surface area contributed by atoms with Crippen molar-refractivity contribution in [2.45, 2.75) is 32.6 Å². The fourth-order valence-electron chi connectivity index (χ4n) is 2.44. The highest BCUT2D eigenvalue weighted by atomic mass is 16.4. The lowest BCUT2D eigenvalue weighted by atomic mass is 9.86. The minimum atomic E-state index is -0.816. The molecule has 1 fully saturated rings. The number of H-pyrrole nitrogens is 1. The average Bonchev–Trinajstić information content (AvgIpc) is 2.95. The minimum absolute atomic E-state index is 0.186. The second-order valence-corrected chi connectivity index (χ2v) is 4.88. The van der Waals surface area contributed by atoms with E-state index in [2.05, 4.69) is 15.5 Å². The first-order chi connectivity index (χ1) is 8.55. The summed E-state index contributed by atoms with van der Waals surface area (Å²) in [6.07, 6.45) is 4.53. The molecule has 0 aromatic carbocycles. The zero-order valence-electron chi connectivity index (χ0n) is 10.3. The van der Waals surface area contributed by atoms with E-state index in [1.165, 1.54) is 6.20 Å². The van der Waals surface area contributed by atoms with Crippen molar-refractivity contribution in [3.8, 4) is 0 Å². The number of nitrogens with one attached hydrogen (secondary N) is 2. The van der Waals surface area contributed by atoms with E-state index < -0.39 is 11.4 Å². The number of aromatic nitrogens is 2. The largest absolute Gasteiger partial charge is 0.481 e. The van der Waals surface area contributed by atoms with Crippen molar-refractivity contribution in [3.63, 3.8) is 0 Å². The first kappa shape index (κ1) is 12.6. The number of aryl methyl sites for hydroxylation is 1. The van der Waals surface area contributed by atoms with Crippen molar-refractivity contribution in [2.75, 3.05) is 6.54 Å². The molecule has 1 amide bonds. The van der Waals surface area contributed by atoms with Gasteiger partial charge in [0.15, 0.2) is 0 Å². The SMILES string of the molecule is Cc1[nH]ncc1C(=O)NCC1(C(=O)O)CCCC1. The molecule has 0 spiro atoms. The van der Waals surface area contributed by atoms with Crippen LogP contribution in [0.5, 0.6) is 0 Å². The van der Waals surface area contributed by atoms with Gasteiger partial charge in [0.1, 0.15) is 0 Å². The minimum Gasteiger partial charge on any atom is -0.481 e. The molecule has 0 unspecified atom stereocenters. The number of carboxylic acids is 1. The zero-order chi connectivity index (χ0) is 13.2. The van der Waals surface area contributed by atoms with Crippen LogP contribution in [0.3, 0.4) is 0 Å². The monoisotopic (exact) mass is 251 g/mol. The van der Waals surface area contributed by atoms with Gasteiger partial charge >= 0.3 is 5.97 Å². The third kappa shape index (κ3) is 2.23. The summed E-state index contributed by atoms with van der Waals surface area (Å²) in [6.45, 7) is 1.94. The number of aromatic amines is 1. The molecule has 98 valence electrons. The van der Waals surface area contributed by atoms with E-state index >= 15 is 0 Å². The van der Waals surface area contributed by atoms with Gasteiger partial charge in [-0.2, -0.15) is 5.10 Å². The highest BCUT2D eigenvalue weighted by Crippen LogP contribution is 2.37. The number of rotatable bonds is 4. The van der Waals surface area contributed by atoms with E-state index in [4.69, 9.17) is 0 Å². The van der Waals surface area contributed by atoms with Crippen molar-refractivity contribution >= 4 is 11.9 Å².